The summed E-state index contributed by atoms with van der Waals surface area (Å²) in [4.78, 5) is 22.5. The van der Waals surface area contributed by atoms with Crippen molar-refractivity contribution in [3.63, 3.8) is 0 Å². The maximum absolute atomic E-state index is 12.8. The number of carboxylic acid groups (broad SMARTS) is 1. The van der Waals surface area contributed by atoms with Crippen molar-refractivity contribution in [3.8, 4) is 11.3 Å². The molecule has 0 saturated carbocycles. The Labute approximate surface area is 102 Å². The van der Waals surface area contributed by atoms with E-state index in [2.05, 4.69) is 0 Å². The molecule has 92 valence electrons. The first-order valence-electron chi connectivity index (χ1n) is 5.19. The first kappa shape index (κ1) is 12.0. The van der Waals surface area contributed by atoms with Crippen LogP contribution in [-0.2, 0) is 7.05 Å². The van der Waals surface area contributed by atoms with E-state index in [1.165, 1.54) is 41.9 Å². The fourth-order valence-corrected chi connectivity index (χ4v) is 1.66. The highest BCUT2D eigenvalue weighted by Gasteiger charge is 2.10. The zero-order chi connectivity index (χ0) is 13.3. The molecule has 5 heteroatoms. The van der Waals surface area contributed by atoms with Crippen LogP contribution in [0.2, 0.25) is 0 Å². The molecule has 0 spiro atoms. The molecule has 4 nitrogen and oxygen atoms in total. The molecule has 0 amide bonds. The van der Waals surface area contributed by atoms with Crippen LogP contribution in [0.1, 0.15) is 10.4 Å². The van der Waals surface area contributed by atoms with Gasteiger partial charge in [0.2, 0.25) is 0 Å². The minimum atomic E-state index is -1.17. The minimum Gasteiger partial charge on any atom is -0.478 e. The maximum atomic E-state index is 12.8. The Hall–Kier alpha value is -2.43. The van der Waals surface area contributed by atoms with Crippen molar-refractivity contribution in [1.29, 1.82) is 0 Å². The lowest BCUT2D eigenvalue weighted by atomic mass is 10.1. The average molecular weight is 247 g/mol. The minimum absolute atomic E-state index is 0.0857. The largest absolute Gasteiger partial charge is 0.478 e. The van der Waals surface area contributed by atoms with Gasteiger partial charge in [0, 0.05) is 13.1 Å². The van der Waals surface area contributed by atoms with Crippen molar-refractivity contribution in [2.24, 2.45) is 7.05 Å². The Morgan fingerprint density at radius 2 is 1.83 bits per heavy atom. The number of aromatic carboxylic acids is 1. The number of benzene rings is 1. The molecule has 0 atom stereocenters. The van der Waals surface area contributed by atoms with Crippen LogP contribution in [0, 0.1) is 5.82 Å². The fourth-order valence-electron chi connectivity index (χ4n) is 1.66. The summed E-state index contributed by atoms with van der Waals surface area (Å²) in [6, 6.07) is 7.94. The number of carboxylic acids is 1. The molecule has 0 saturated heterocycles. The molecule has 2 aromatic rings. The molecule has 0 aliphatic rings. The SMILES string of the molecule is Cn1c(-c2ccc(F)cc2)cc(C(=O)O)cc1=O. The van der Waals surface area contributed by atoms with Gasteiger partial charge in [-0.2, -0.15) is 0 Å². The van der Waals surface area contributed by atoms with Gasteiger partial charge in [-0.25, -0.2) is 9.18 Å². The number of hydrogen-bond acceptors (Lipinski definition) is 2. The number of carbonyl (C=O) groups is 1. The van der Waals surface area contributed by atoms with E-state index in [9.17, 15) is 14.0 Å². The zero-order valence-corrected chi connectivity index (χ0v) is 9.55. The molecule has 1 aromatic carbocycles. The fraction of sp³-hybridized carbons (Fsp3) is 0.0769. The molecule has 0 fully saturated rings. The molecule has 0 unspecified atom stereocenters. The number of hydrogen-bond donors (Lipinski definition) is 1. The summed E-state index contributed by atoms with van der Waals surface area (Å²) >= 11 is 0. The standard InChI is InChI=1S/C13H10FNO3/c1-15-11(8-2-4-10(14)5-3-8)6-9(13(17)18)7-12(15)16/h2-7H,1H3,(H,17,18). The van der Waals surface area contributed by atoms with Gasteiger partial charge in [0.25, 0.3) is 5.56 Å². The van der Waals surface area contributed by atoms with E-state index < -0.39 is 17.3 Å². The summed E-state index contributed by atoms with van der Waals surface area (Å²) in [5.41, 5.74) is 0.505. The predicted octanol–water partition coefficient (Wildman–Crippen LogP) is 1.89. The van der Waals surface area contributed by atoms with Gasteiger partial charge in [-0.1, -0.05) is 0 Å². The number of rotatable bonds is 2. The van der Waals surface area contributed by atoms with E-state index in [1.54, 1.807) is 0 Å². The maximum Gasteiger partial charge on any atom is 0.335 e. The summed E-state index contributed by atoms with van der Waals surface area (Å²) in [6.45, 7) is 0. The molecule has 1 aromatic heterocycles. The number of nitrogens with zero attached hydrogens (tertiary/aromatic N) is 1. The summed E-state index contributed by atoms with van der Waals surface area (Å²) < 4.78 is 14.1. The zero-order valence-electron chi connectivity index (χ0n) is 9.55. The topological polar surface area (TPSA) is 59.3 Å². The van der Waals surface area contributed by atoms with Crippen LogP contribution in [0.3, 0.4) is 0 Å². The van der Waals surface area contributed by atoms with Crippen LogP contribution >= 0.6 is 0 Å². The van der Waals surface area contributed by atoms with Crippen molar-refractivity contribution in [2.75, 3.05) is 0 Å². The van der Waals surface area contributed by atoms with Crippen LogP contribution in [0.4, 0.5) is 4.39 Å². The highest BCUT2D eigenvalue weighted by Crippen LogP contribution is 2.18. The third kappa shape index (κ3) is 2.15. The molecule has 1 heterocycles. The Balaban J connectivity index is 2.66. The second kappa shape index (κ2) is 4.44. The van der Waals surface area contributed by atoms with Crippen LogP contribution in [0.15, 0.2) is 41.2 Å². The quantitative estimate of drug-likeness (QED) is 0.881. The van der Waals surface area contributed by atoms with Crippen LogP contribution < -0.4 is 5.56 Å². The molecule has 18 heavy (non-hydrogen) atoms. The van der Waals surface area contributed by atoms with Crippen LogP contribution in [-0.4, -0.2) is 15.6 Å². The second-order valence-corrected chi connectivity index (χ2v) is 3.84. The summed E-state index contributed by atoms with van der Waals surface area (Å²) in [7, 11) is 1.53. The molecule has 0 bridgehead atoms. The molecular weight excluding hydrogens is 237 g/mol. The normalized spacial score (nSPS) is 10.3. The highest BCUT2D eigenvalue weighted by molar-refractivity contribution is 5.88. The monoisotopic (exact) mass is 247 g/mol. The lowest BCUT2D eigenvalue weighted by molar-refractivity contribution is 0.0696. The van der Waals surface area contributed by atoms with Gasteiger partial charge in [-0.3, -0.25) is 4.79 Å². The third-order valence-corrected chi connectivity index (χ3v) is 2.65. The molecule has 0 radical (unpaired) electrons. The van der Waals surface area contributed by atoms with E-state index in [4.69, 9.17) is 5.11 Å². The Morgan fingerprint density at radius 3 is 2.39 bits per heavy atom. The van der Waals surface area contributed by atoms with E-state index in [-0.39, 0.29) is 5.56 Å². The van der Waals surface area contributed by atoms with E-state index in [1.807, 2.05) is 0 Å². The van der Waals surface area contributed by atoms with Gasteiger partial charge >= 0.3 is 5.97 Å². The van der Waals surface area contributed by atoms with Gasteiger partial charge in [0.15, 0.2) is 0 Å². The van der Waals surface area contributed by atoms with Gasteiger partial charge in [-0.05, 0) is 35.9 Å². The van der Waals surface area contributed by atoms with E-state index in [0.29, 0.717) is 11.3 Å². The molecule has 2 rings (SSSR count). The van der Waals surface area contributed by atoms with Crippen molar-refractivity contribution in [3.05, 3.63) is 58.1 Å². The van der Waals surface area contributed by atoms with Crippen molar-refractivity contribution in [1.82, 2.24) is 4.57 Å². The van der Waals surface area contributed by atoms with Crippen LogP contribution in [0.5, 0.6) is 0 Å². The number of aromatic nitrogens is 1. The lowest BCUT2D eigenvalue weighted by Crippen LogP contribution is -2.19. The lowest BCUT2D eigenvalue weighted by Gasteiger charge is -2.09. The first-order chi connectivity index (χ1) is 8.49. The highest BCUT2D eigenvalue weighted by atomic mass is 19.1. The van der Waals surface area contributed by atoms with Crippen molar-refractivity contribution >= 4 is 5.97 Å². The number of halogens is 1. The van der Waals surface area contributed by atoms with Crippen molar-refractivity contribution < 1.29 is 14.3 Å². The summed E-state index contributed by atoms with van der Waals surface area (Å²) in [5, 5.41) is 8.91. The van der Waals surface area contributed by atoms with Crippen molar-refractivity contribution in [2.45, 2.75) is 0 Å². The third-order valence-electron chi connectivity index (χ3n) is 2.65. The second-order valence-electron chi connectivity index (χ2n) is 3.84. The summed E-state index contributed by atoms with van der Waals surface area (Å²) in [5.74, 6) is -1.56. The predicted molar refractivity (Wildman–Crippen MR) is 64.0 cm³/mol. The summed E-state index contributed by atoms with van der Waals surface area (Å²) in [6.07, 6.45) is 0. The smallest absolute Gasteiger partial charge is 0.335 e. The van der Waals surface area contributed by atoms with Gasteiger partial charge in [0.1, 0.15) is 5.82 Å². The van der Waals surface area contributed by atoms with Gasteiger partial charge < -0.3 is 9.67 Å². The molecule has 0 aliphatic heterocycles. The number of pyridine rings is 1. The van der Waals surface area contributed by atoms with E-state index in [0.717, 1.165) is 6.07 Å². The molecular formula is C13H10FNO3. The molecule has 1 N–H and O–H groups in total. The molecule has 0 aliphatic carbocycles. The van der Waals surface area contributed by atoms with Gasteiger partial charge in [-0.15, -0.1) is 0 Å². The Bertz CT molecular complexity index is 659. The van der Waals surface area contributed by atoms with Gasteiger partial charge in [0.05, 0.1) is 11.3 Å². The first-order valence-corrected chi connectivity index (χ1v) is 5.19. The Morgan fingerprint density at radius 1 is 1.22 bits per heavy atom. The average Bonchev–Trinajstić information content (AvgIpc) is 2.33. The Kier molecular flexibility index (Phi) is 2.97. The van der Waals surface area contributed by atoms with E-state index >= 15 is 0 Å². The van der Waals surface area contributed by atoms with Crippen LogP contribution in [0.25, 0.3) is 11.3 Å².